The topological polar surface area (TPSA) is 25.2 Å². The van der Waals surface area contributed by atoms with Gasteiger partial charge in [-0.25, -0.2) is 0 Å². The molecule has 1 N–H and O–H groups in total. The molecule has 15 heavy (non-hydrogen) atoms. The molecule has 2 heteroatoms. The zero-order chi connectivity index (χ0) is 10.7. The lowest BCUT2D eigenvalue weighted by Gasteiger charge is -2.18. The number of nitrogens with one attached hydrogen (secondary N) is 1. The van der Waals surface area contributed by atoms with Crippen molar-refractivity contribution in [2.75, 3.05) is 0 Å². The summed E-state index contributed by atoms with van der Waals surface area (Å²) in [6.07, 6.45) is 8.99. The van der Waals surface area contributed by atoms with Crippen molar-refractivity contribution in [1.82, 2.24) is 5.32 Å². The quantitative estimate of drug-likeness (QED) is 0.817. The monoisotopic (exact) mass is 207 g/mol. The van der Waals surface area contributed by atoms with Crippen molar-refractivity contribution >= 4 is 0 Å². The van der Waals surface area contributed by atoms with E-state index in [0.29, 0.717) is 12.1 Å². The lowest BCUT2D eigenvalue weighted by atomic mass is 10.1. The van der Waals surface area contributed by atoms with E-state index in [4.69, 9.17) is 4.42 Å². The third-order valence-corrected chi connectivity index (χ3v) is 3.65. The maximum atomic E-state index is 5.10. The largest absolute Gasteiger partial charge is 0.472 e. The molecule has 84 valence electrons. The zero-order valence-corrected chi connectivity index (χ0v) is 9.70. The predicted octanol–water partition coefficient (Wildman–Crippen LogP) is 3.51. The molecule has 1 heterocycles. The molecule has 2 rings (SSSR count). The smallest absolute Gasteiger partial charge is 0.0950 e. The van der Waals surface area contributed by atoms with Gasteiger partial charge in [-0.3, -0.25) is 0 Å². The van der Waals surface area contributed by atoms with Crippen molar-refractivity contribution in [2.24, 2.45) is 5.92 Å². The molecule has 1 aliphatic rings. The van der Waals surface area contributed by atoms with E-state index in [1.54, 1.807) is 6.26 Å². The van der Waals surface area contributed by atoms with E-state index < -0.39 is 0 Å². The summed E-state index contributed by atoms with van der Waals surface area (Å²) in [5.41, 5.74) is 1.26. The third-order valence-electron chi connectivity index (χ3n) is 3.65. The lowest BCUT2D eigenvalue weighted by molar-refractivity contribution is 0.435. The Hall–Kier alpha value is -0.760. The lowest BCUT2D eigenvalue weighted by Crippen LogP contribution is -2.29. The van der Waals surface area contributed by atoms with Crippen LogP contribution in [0.5, 0.6) is 0 Å². The Labute approximate surface area is 92.1 Å². The summed E-state index contributed by atoms with van der Waals surface area (Å²) >= 11 is 0. The fourth-order valence-corrected chi connectivity index (χ4v) is 2.57. The van der Waals surface area contributed by atoms with Gasteiger partial charge in [-0.1, -0.05) is 13.3 Å². The van der Waals surface area contributed by atoms with Gasteiger partial charge in [0.05, 0.1) is 12.5 Å². The minimum atomic E-state index is 0.421. The highest BCUT2D eigenvalue weighted by atomic mass is 16.3. The van der Waals surface area contributed by atoms with E-state index in [0.717, 1.165) is 5.92 Å². The molecule has 2 nitrogen and oxygen atoms in total. The van der Waals surface area contributed by atoms with Crippen LogP contribution in [-0.4, -0.2) is 6.04 Å². The van der Waals surface area contributed by atoms with E-state index in [2.05, 4.69) is 19.2 Å². The van der Waals surface area contributed by atoms with Gasteiger partial charge in [-0.15, -0.1) is 0 Å². The molecule has 0 saturated heterocycles. The van der Waals surface area contributed by atoms with Crippen LogP contribution in [0.1, 0.15) is 51.1 Å². The van der Waals surface area contributed by atoms with Crippen molar-refractivity contribution in [2.45, 2.75) is 51.6 Å². The number of rotatable bonds is 4. The highest BCUT2D eigenvalue weighted by Crippen LogP contribution is 2.29. The van der Waals surface area contributed by atoms with Gasteiger partial charge in [0.25, 0.3) is 0 Å². The summed E-state index contributed by atoms with van der Waals surface area (Å²) in [5, 5.41) is 3.69. The fraction of sp³-hybridized carbons (Fsp3) is 0.692. The van der Waals surface area contributed by atoms with Crippen LogP contribution in [0.15, 0.2) is 23.0 Å². The second kappa shape index (κ2) is 4.84. The van der Waals surface area contributed by atoms with Crippen molar-refractivity contribution in [1.29, 1.82) is 0 Å². The first kappa shape index (κ1) is 10.7. The summed E-state index contributed by atoms with van der Waals surface area (Å²) in [7, 11) is 0. The Bertz CT molecular complexity index is 281. The van der Waals surface area contributed by atoms with Crippen LogP contribution < -0.4 is 5.32 Å². The molecule has 1 saturated carbocycles. The average molecular weight is 207 g/mol. The second-order valence-corrected chi connectivity index (χ2v) is 4.73. The molecule has 1 aromatic heterocycles. The Morgan fingerprint density at radius 3 is 3.00 bits per heavy atom. The summed E-state index contributed by atoms with van der Waals surface area (Å²) in [4.78, 5) is 0. The minimum absolute atomic E-state index is 0.421. The van der Waals surface area contributed by atoms with Gasteiger partial charge in [0.15, 0.2) is 0 Å². The average Bonchev–Trinajstić information content (AvgIpc) is 2.87. The van der Waals surface area contributed by atoms with Gasteiger partial charge in [0.1, 0.15) is 0 Å². The Balaban J connectivity index is 1.83. The van der Waals surface area contributed by atoms with E-state index in [1.165, 1.54) is 31.2 Å². The molecule has 3 atom stereocenters. The van der Waals surface area contributed by atoms with Crippen molar-refractivity contribution in [3.8, 4) is 0 Å². The SMILES string of the molecule is CCC1CCC(NC(C)c2ccoc2)C1. The standard InChI is InChI=1S/C13H21NO/c1-3-11-4-5-13(8-11)14-10(2)12-6-7-15-9-12/h6-7,9-11,13-14H,3-5,8H2,1-2H3. The summed E-state index contributed by atoms with van der Waals surface area (Å²) < 4.78 is 5.10. The summed E-state index contributed by atoms with van der Waals surface area (Å²) in [6.45, 7) is 4.51. The van der Waals surface area contributed by atoms with Gasteiger partial charge < -0.3 is 9.73 Å². The van der Waals surface area contributed by atoms with Crippen LogP contribution in [0.2, 0.25) is 0 Å². The van der Waals surface area contributed by atoms with Crippen molar-refractivity contribution in [3.63, 3.8) is 0 Å². The van der Waals surface area contributed by atoms with E-state index in [9.17, 15) is 0 Å². The molecular formula is C13H21NO. The first-order chi connectivity index (χ1) is 7.29. The molecular weight excluding hydrogens is 186 g/mol. The van der Waals surface area contributed by atoms with Crippen molar-refractivity contribution < 1.29 is 4.42 Å². The number of hydrogen-bond donors (Lipinski definition) is 1. The van der Waals surface area contributed by atoms with E-state index in [-0.39, 0.29) is 0 Å². The van der Waals surface area contributed by atoms with Gasteiger partial charge in [0, 0.05) is 17.6 Å². The normalized spacial score (nSPS) is 28.1. The first-order valence-electron chi connectivity index (χ1n) is 6.07. The molecule has 0 spiro atoms. The molecule has 1 fully saturated rings. The van der Waals surface area contributed by atoms with E-state index in [1.807, 2.05) is 12.3 Å². The Kier molecular flexibility index (Phi) is 3.47. The van der Waals surface area contributed by atoms with Crippen LogP contribution in [-0.2, 0) is 0 Å². The predicted molar refractivity (Wildman–Crippen MR) is 61.7 cm³/mol. The van der Waals surface area contributed by atoms with Gasteiger partial charge in [-0.2, -0.15) is 0 Å². The van der Waals surface area contributed by atoms with Crippen LogP contribution in [0.25, 0.3) is 0 Å². The highest BCUT2D eigenvalue weighted by molar-refractivity contribution is 5.10. The molecule has 0 aromatic carbocycles. The molecule has 1 aliphatic carbocycles. The molecule has 3 unspecified atom stereocenters. The zero-order valence-electron chi connectivity index (χ0n) is 9.70. The molecule has 0 radical (unpaired) electrons. The summed E-state index contributed by atoms with van der Waals surface area (Å²) in [6, 6.07) is 3.17. The van der Waals surface area contributed by atoms with Crippen LogP contribution >= 0.6 is 0 Å². The molecule has 0 aliphatic heterocycles. The third kappa shape index (κ3) is 2.63. The maximum Gasteiger partial charge on any atom is 0.0950 e. The Morgan fingerprint density at radius 1 is 1.53 bits per heavy atom. The summed E-state index contributed by atoms with van der Waals surface area (Å²) in [5.74, 6) is 0.944. The number of hydrogen-bond acceptors (Lipinski definition) is 2. The van der Waals surface area contributed by atoms with Crippen LogP contribution in [0.3, 0.4) is 0 Å². The maximum absolute atomic E-state index is 5.10. The Morgan fingerprint density at radius 2 is 2.40 bits per heavy atom. The minimum Gasteiger partial charge on any atom is -0.472 e. The first-order valence-corrected chi connectivity index (χ1v) is 6.07. The van der Waals surface area contributed by atoms with E-state index >= 15 is 0 Å². The molecule has 1 aromatic rings. The van der Waals surface area contributed by atoms with Gasteiger partial charge in [0.2, 0.25) is 0 Å². The molecule has 0 amide bonds. The molecule has 0 bridgehead atoms. The van der Waals surface area contributed by atoms with Gasteiger partial charge in [-0.05, 0) is 38.2 Å². The fourth-order valence-electron chi connectivity index (χ4n) is 2.57. The highest BCUT2D eigenvalue weighted by Gasteiger charge is 2.24. The van der Waals surface area contributed by atoms with Crippen LogP contribution in [0.4, 0.5) is 0 Å². The number of furan rings is 1. The van der Waals surface area contributed by atoms with Crippen LogP contribution in [0, 0.1) is 5.92 Å². The van der Waals surface area contributed by atoms with Gasteiger partial charge >= 0.3 is 0 Å². The second-order valence-electron chi connectivity index (χ2n) is 4.73. The van der Waals surface area contributed by atoms with Crippen molar-refractivity contribution in [3.05, 3.63) is 24.2 Å².